The van der Waals surface area contributed by atoms with Gasteiger partial charge in [0.1, 0.15) is 11.5 Å². The summed E-state index contributed by atoms with van der Waals surface area (Å²) in [6.45, 7) is 2.99. The predicted octanol–water partition coefficient (Wildman–Crippen LogP) is 4.41. The lowest BCUT2D eigenvalue weighted by Gasteiger charge is -2.32. The van der Waals surface area contributed by atoms with Gasteiger partial charge in [-0.2, -0.15) is 0 Å². The van der Waals surface area contributed by atoms with E-state index in [2.05, 4.69) is 0 Å². The molecule has 0 aliphatic carbocycles. The van der Waals surface area contributed by atoms with E-state index in [0.29, 0.717) is 30.1 Å². The smallest absolute Gasteiger partial charge is 0.273 e. The monoisotopic (exact) mass is 412 g/mol. The average molecular weight is 412 g/mol. The van der Waals surface area contributed by atoms with Crippen LogP contribution in [0.15, 0.2) is 36.4 Å². The molecule has 0 spiro atoms. The SMILES string of the molecule is COc1cc(CCC2CCN(C(=O)c3cccc([N+](=O)[O-])c3C)CC2)cc(OC)c1. The predicted molar refractivity (Wildman–Crippen MR) is 114 cm³/mol. The van der Waals surface area contributed by atoms with Crippen LogP contribution >= 0.6 is 0 Å². The Balaban J connectivity index is 1.57. The van der Waals surface area contributed by atoms with Crippen LogP contribution in [0.25, 0.3) is 0 Å². The number of methoxy groups -OCH3 is 2. The molecule has 0 atom stereocenters. The third kappa shape index (κ3) is 4.90. The molecule has 2 aromatic rings. The number of nitrogens with zero attached hydrogens (tertiary/aromatic N) is 2. The van der Waals surface area contributed by atoms with Gasteiger partial charge >= 0.3 is 0 Å². The van der Waals surface area contributed by atoms with Gasteiger partial charge in [0, 0.05) is 36.3 Å². The van der Waals surface area contributed by atoms with Gasteiger partial charge in [-0.15, -0.1) is 0 Å². The fraction of sp³-hybridized carbons (Fsp3) is 0.435. The van der Waals surface area contributed by atoms with E-state index in [0.717, 1.165) is 37.2 Å². The maximum absolute atomic E-state index is 12.9. The highest BCUT2D eigenvalue weighted by Crippen LogP contribution is 2.28. The highest BCUT2D eigenvalue weighted by Gasteiger charge is 2.26. The van der Waals surface area contributed by atoms with Gasteiger partial charge in [0.05, 0.1) is 19.1 Å². The minimum Gasteiger partial charge on any atom is -0.497 e. The van der Waals surface area contributed by atoms with E-state index in [4.69, 9.17) is 9.47 Å². The molecule has 1 amide bonds. The van der Waals surface area contributed by atoms with Crippen molar-refractivity contribution in [1.82, 2.24) is 4.90 Å². The number of carbonyl (C=O) groups excluding carboxylic acids is 1. The molecule has 2 aromatic carbocycles. The summed E-state index contributed by atoms with van der Waals surface area (Å²) in [5, 5.41) is 11.2. The first kappa shape index (κ1) is 21.6. The number of likely N-dealkylation sites (tertiary alicyclic amines) is 1. The van der Waals surface area contributed by atoms with Crippen LogP contribution in [0.4, 0.5) is 5.69 Å². The molecule has 30 heavy (non-hydrogen) atoms. The number of nitro benzene ring substituents is 1. The van der Waals surface area contributed by atoms with Crippen LogP contribution in [-0.2, 0) is 6.42 Å². The number of benzene rings is 2. The summed E-state index contributed by atoms with van der Waals surface area (Å²) in [6.07, 6.45) is 3.83. The first-order chi connectivity index (χ1) is 14.4. The normalized spacial score (nSPS) is 14.4. The number of hydrogen-bond acceptors (Lipinski definition) is 5. The summed E-state index contributed by atoms with van der Waals surface area (Å²) < 4.78 is 10.7. The molecule has 0 bridgehead atoms. The molecule has 7 nitrogen and oxygen atoms in total. The van der Waals surface area contributed by atoms with Crippen molar-refractivity contribution in [2.45, 2.75) is 32.6 Å². The van der Waals surface area contributed by atoms with Crippen molar-refractivity contribution in [2.24, 2.45) is 5.92 Å². The van der Waals surface area contributed by atoms with Gasteiger partial charge in [0.25, 0.3) is 11.6 Å². The summed E-state index contributed by atoms with van der Waals surface area (Å²) >= 11 is 0. The van der Waals surface area contributed by atoms with Crippen LogP contribution in [-0.4, -0.2) is 43.0 Å². The molecule has 1 aliphatic heterocycles. The topological polar surface area (TPSA) is 81.9 Å². The van der Waals surface area contributed by atoms with Crippen molar-refractivity contribution in [1.29, 1.82) is 0 Å². The highest BCUT2D eigenvalue weighted by molar-refractivity contribution is 5.96. The summed E-state index contributed by atoms with van der Waals surface area (Å²) in [7, 11) is 3.29. The van der Waals surface area contributed by atoms with Gasteiger partial charge in [0.2, 0.25) is 0 Å². The van der Waals surface area contributed by atoms with E-state index in [1.807, 2.05) is 23.1 Å². The van der Waals surface area contributed by atoms with E-state index in [1.54, 1.807) is 33.3 Å². The van der Waals surface area contributed by atoms with Crippen molar-refractivity contribution in [3.8, 4) is 11.5 Å². The van der Waals surface area contributed by atoms with Crippen LogP contribution in [0.5, 0.6) is 11.5 Å². The lowest BCUT2D eigenvalue weighted by molar-refractivity contribution is -0.385. The molecule has 1 fully saturated rings. The number of hydrogen-bond donors (Lipinski definition) is 0. The molecule has 0 unspecified atom stereocenters. The highest BCUT2D eigenvalue weighted by atomic mass is 16.6. The van der Waals surface area contributed by atoms with E-state index < -0.39 is 4.92 Å². The Bertz CT molecular complexity index is 898. The Kier molecular flexibility index (Phi) is 6.92. The van der Waals surface area contributed by atoms with Gasteiger partial charge < -0.3 is 14.4 Å². The summed E-state index contributed by atoms with van der Waals surface area (Å²) in [5.74, 6) is 2.00. The standard InChI is InChI=1S/C23H28N2O5/c1-16-21(5-4-6-22(16)25(27)28)23(26)24-11-9-17(10-12-24)7-8-18-13-19(29-2)15-20(14-18)30-3/h4-6,13-15,17H,7-12H2,1-3H3. The number of carbonyl (C=O) groups is 1. The summed E-state index contributed by atoms with van der Waals surface area (Å²) in [5.41, 5.74) is 2.02. The molecule has 0 N–H and O–H groups in total. The van der Waals surface area contributed by atoms with Crippen LogP contribution in [0, 0.1) is 23.0 Å². The second-order valence-electron chi connectivity index (χ2n) is 7.70. The van der Waals surface area contributed by atoms with E-state index in [1.165, 1.54) is 11.6 Å². The van der Waals surface area contributed by atoms with Crippen molar-refractivity contribution >= 4 is 11.6 Å². The van der Waals surface area contributed by atoms with Crippen molar-refractivity contribution in [3.63, 3.8) is 0 Å². The maximum Gasteiger partial charge on any atom is 0.273 e. The molecule has 1 aliphatic rings. The lowest BCUT2D eigenvalue weighted by atomic mass is 9.90. The van der Waals surface area contributed by atoms with E-state index in [9.17, 15) is 14.9 Å². The largest absolute Gasteiger partial charge is 0.497 e. The van der Waals surface area contributed by atoms with E-state index in [-0.39, 0.29) is 11.6 Å². The zero-order valence-corrected chi connectivity index (χ0v) is 17.7. The molecule has 7 heteroatoms. The molecule has 0 saturated carbocycles. The Morgan fingerprint density at radius 3 is 2.33 bits per heavy atom. The molecule has 3 rings (SSSR count). The molecular formula is C23H28N2O5. The van der Waals surface area contributed by atoms with Crippen LogP contribution < -0.4 is 9.47 Å². The minimum absolute atomic E-state index is 0.00977. The maximum atomic E-state index is 12.9. The van der Waals surface area contributed by atoms with Gasteiger partial charge in [-0.3, -0.25) is 14.9 Å². The number of piperidine rings is 1. The number of amides is 1. The third-order valence-corrected chi connectivity index (χ3v) is 5.89. The Labute approximate surface area is 176 Å². The molecule has 1 saturated heterocycles. The third-order valence-electron chi connectivity index (χ3n) is 5.89. The first-order valence-electron chi connectivity index (χ1n) is 10.2. The van der Waals surface area contributed by atoms with E-state index >= 15 is 0 Å². The van der Waals surface area contributed by atoms with Crippen molar-refractivity contribution < 1.29 is 19.2 Å². The summed E-state index contributed by atoms with van der Waals surface area (Å²) in [4.78, 5) is 25.4. The molecule has 160 valence electrons. The number of aryl methyl sites for hydroxylation is 1. The molecule has 0 aromatic heterocycles. The fourth-order valence-corrected chi connectivity index (χ4v) is 4.03. The van der Waals surface area contributed by atoms with Crippen LogP contribution in [0.1, 0.15) is 40.7 Å². The Morgan fingerprint density at radius 1 is 1.13 bits per heavy atom. The van der Waals surface area contributed by atoms with Crippen LogP contribution in [0.3, 0.4) is 0 Å². The quantitative estimate of drug-likeness (QED) is 0.497. The number of rotatable bonds is 7. The van der Waals surface area contributed by atoms with Gasteiger partial charge in [0.15, 0.2) is 0 Å². The zero-order chi connectivity index (χ0) is 21.7. The second-order valence-corrected chi connectivity index (χ2v) is 7.70. The lowest BCUT2D eigenvalue weighted by Crippen LogP contribution is -2.38. The van der Waals surface area contributed by atoms with Crippen molar-refractivity contribution in [2.75, 3.05) is 27.3 Å². The number of nitro groups is 1. The second kappa shape index (κ2) is 9.61. The van der Waals surface area contributed by atoms with Crippen LogP contribution in [0.2, 0.25) is 0 Å². The van der Waals surface area contributed by atoms with Crippen molar-refractivity contribution in [3.05, 3.63) is 63.2 Å². The first-order valence-corrected chi connectivity index (χ1v) is 10.2. The zero-order valence-electron chi connectivity index (χ0n) is 17.7. The molecule has 1 heterocycles. The molecule has 0 radical (unpaired) electrons. The Morgan fingerprint density at radius 2 is 1.77 bits per heavy atom. The summed E-state index contributed by atoms with van der Waals surface area (Å²) in [6, 6.07) is 10.6. The average Bonchev–Trinajstić information content (AvgIpc) is 2.77. The fourth-order valence-electron chi connectivity index (χ4n) is 4.03. The molecular weight excluding hydrogens is 384 g/mol. The van der Waals surface area contributed by atoms with Gasteiger partial charge in [-0.25, -0.2) is 0 Å². The number of ether oxygens (including phenoxy) is 2. The Hall–Kier alpha value is -3.09. The minimum atomic E-state index is -0.439. The van der Waals surface area contributed by atoms with Gasteiger partial charge in [-0.05, 0) is 62.3 Å². The van der Waals surface area contributed by atoms with Gasteiger partial charge in [-0.1, -0.05) is 6.07 Å².